The number of benzene rings is 1. The zero-order chi connectivity index (χ0) is 24.5. The number of Topliss-reactive ketones (excluding diaryl/α,β-unsaturated/α-hetero) is 1. The van der Waals surface area contributed by atoms with Gasteiger partial charge in [-0.3, -0.25) is 14.4 Å². The molecule has 0 fully saturated rings. The quantitative estimate of drug-likeness (QED) is 0.364. The molecule has 0 N–H and O–H groups in total. The zero-order valence-corrected chi connectivity index (χ0v) is 19.9. The lowest BCUT2D eigenvalue weighted by atomic mass is 10.00. The topological polar surface area (TPSA) is 101 Å². The number of ether oxygens (including phenoxy) is 4. The summed E-state index contributed by atoms with van der Waals surface area (Å²) in [7, 11) is 1.39. The molecule has 0 radical (unpaired) electrons. The van der Waals surface area contributed by atoms with Crippen molar-refractivity contribution < 1.29 is 33.3 Å². The predicted molar refractivity (Wildman–Crippen MR) is 121 cm³/mol. The molecule has 0 aliphatic carbocycles. The van der Waals surface area contributed by atoms with Gasteiger partial charge in [-0.15, -0.1) is 0 Å². The third-order valence-electron chi connectivity index (χ3n) is 4.93. The molecule has 2 rings (SSSR count). The van der Waals surface area contributed by atoms with Gasteiger partial charge in [-0.1, -0.05) is 39.0 Å². The van der Waals surface area contributed by atoms with E-state index in [1.165, 1.54) is 26.3 Å². The molecule has 8 nitrogen and oxygen atoms in total. The SMILES string of the molecule is COc1ccnc(C(=O)C[C@@H](C)C(=O)O[C@H](C(C)C)[C@H](C)Oc2ccccc2)c1OC(C)=O. The van der Waals surface area contributed by atoms with Crippen LogP contribution in [0.1, 0.15) is 51.5 Å². The number of para-hydroxylation sites is 1. The number of aromatic nitrogens is 1. The van der Waals surface area contributed by atoms with E-state index in [0.717, 1.165) is 0 Å². The Hall–Kier alpha value is -3.42. The maximum Gasteiger partial charge on any atom is 0.309 e. The number of carbonyl (C=O) groups excluding carboxylic acids is 3. The van der Waals surface area contributed by atoms with Crippen molar-refractivity contribution in [3.63, 3.8) is 0 Å². The molecule has 2 aromatic rings. The Morgan fingerprint density at radius 1 is 1.00 bits per heavy atom. The van der Waals surface area contributed by atoms with Crippen LogP contribution < -0.4 is 14.2 Å². The van der Waals surface area contributed by atoms with E-state index in [4.69, 9.17) is 18.9 Å². The highest BCUT2D eigenvalue weighted by molar-refractivity contribution is 5.99. The van der Waals surface area contributed by atoms with Crippen LogP contribution in [0.25, 0.3) is 0 Å². The van der Waals surface area contributed by atoms with Gasteiger partial charge in [-0.25, -0.2) is 4.98 Å². The fourth-order valence-corrected chi connectivity index (χ4v) is 3.30. The summed E-state index contributed by atoms with van der Waals surface area (Å²) in [6.07, 6.45) is 0.294. The van der Waals surface area contributed by atoms with E-state index in [0.29, 0.717) is 5.75 Å². The van der Waals surface area contributed by atoms with Gasteiger partial charge in [0, 0.05) is 25.6 Å². The van der Waals surface area contributed by atoms with Crippen LogP contribution in [0.4, 0.5) is 0 Å². The maximum absolute atomic E-state index is 12.9. The number of ketones is 1. The van der Waals surface area contributed by atoms with E-state index in [1.54, 1.807) is 6.92 Å². The second-order valence-corrected chi connectivity index (χ2v) is 8.09. The highest BCUT2D eigenvalue weighted by Gasteiger charge is 2.31. The molecular weight excluding hydrogens is 426 g/mol. The average Bonchev–Trinajstić information content (AvgIpc) is 2.77. The zero-order valence-electron chi connectivity index (χ0n) is 19.9. The molecule has 0 bridgehead atoms. The van der Waals surface area contributed by atoms with Crippen molar-refractivity contribution in [2.24, 2.45) is 11.8 Å². The Kier molecular flexibility index (Phi) is 9.39. The van der Waals surface area contributed by atoms with Gasteiger partial charge in [0.25, 0.3) is 0 Å². The molecule has 1 aromatic heterocycles. The second kappa shape index (κ2) is 12.0. The molecule has 8 heteroatoms. The first-order valence-electron chi connectivity index (χ1n) is 10.8. The Morgan fingerprint density at radius 3 is 2.24 bits per heavy atom. The number of nitrogens with zero attached hydrogens (tertiary/aromatic N) is 1. The predicted octanol–water partition coefficient (Wildman–Crippen LogP) is 4.26. The summed E-state index contributed by atoms with van der Waals surface area (Å²) < 4.78 is 22.0. The first kappa shape index (κ1) is 25.8. The van der Waals surface area contributed by atoms with Gasteiger partial charge in [-0.2, -0.15) is 0 Å². The summed E-state index contributed by atoms with van der Waals surface area (Å²) >= 11 is 0. The number of hydrogen-bond acceptors (Lipinski definition) is 8. The fourth-order valence-electron chi connectivity index (χ4n) is 3.30. The van der Waals surface area contributed by atoms with Crippen molar-refractivity contribution in [2.45, 2.75) is 53.2 Å². The highest BCUT2D eigenvalue weighted by Crippen LogP contribution is 2.31. The van der Waals surface area contributed by atoms with Crippen LogP contribution in [0.5, 0.6) is 17.2 Å². The van der Waals surface area contributed by atoms with E-state index in [-0.39, 0.29) is 29.5 Å². The van der Waals surface area contributed by atoms with E-state index in [2.05, 4.69) is 4.98 Å². The Morgan fingerprint density at radius 2 is 1.67 bits per heavy atom. The van der Waals surface area contributed by atoms with Gasteiger partial charge < -0.3 is 18.9 Å². The lowest BCUT2D eigenvalue weighted by Crippen LogP contribution is -2.39. The molecule has 1 heterocycles. The Bertz CT molecular complexity index is 958. The minimum absolute atomic E-state index is 0.00816. The normalized spacial score (nSPS) is 13.5. The number of carbonyl (C=O) groups is 3. The van der Waals surface area contributed by atoms with Crippen LogP contribution in [0.2, 0.25) is 0 Å². The van der Waals surface area contributed by atoms with Crippen LogP contribution in [0.3, 0.4) is 0 Å². The Labute approximate surface area is 194 Å². The molecule has 33 heavy (non-hydrogen) atoms. The maximum atomic E-state index is 12.9. The van der Waals surface area contributed by atoms with Gasteiger partial charge in [0.15, 0.2) is 17.2 Å². The number of methoxy groups -OCH3 is 1. The van der Waals surface area contributed by atoms with E-state index in [9.17, 15) is 14.4 Å². The van der Waals surface area contributed by atoms with Crippen LogP contribution in [0.15, 0.2) is 42.6 Å². The fraction of sp³-hybridized carbons (Fsp3) is 0.440. The monoisotopic (exact) mass is 457 g/mol. The molecule has 178 valence electrons. The molecule has 0 spiro atoms. The average molecular weight is 458 g/mol. The van der Waals surface area contributed by atoms with Gasteiger partial charge in [0.1, 0.15) is 18.0 Å². The number of esters is 2. The standard InChI is InChI=1S/C25H31NO7/c1-15(2)23(17(4)31-19-10-8-7-9-11-19)33-25(29)16(3)14-20(28)22-24(32-18(5)27)21(30-6)12-13-26-22/h7-13,15-17,23H,14H2,1-6H3/t16-,17+,23-/m1/s1. The highest BCUT2D eigenvalue weighted by atomic mass is 16.6. The van der Waals surface area contributed by atoms with Crippen molar-refractivity contribution in [1.82, 2.24) is 4.98 Å². The minimum atomic E-state index is -0.749. The summed E-state index contributed by atoms with van der Waals surface area (Å²) in [5.41, 5.74) is -0.0783. The molecule has 0 aliphatic rings. The van der Waals surface area contributed by atoms with Crippen molar-refractivity contribution >= 4 is 17.7 Å². The van der Waals surface area contributed by atoms with Gasteiger partial charge in [-0.05, 0) is 25.0 Å². The molecule has 0 aliphatic heterocycles. The summed E-state index contributed by atoms with van der Waals surface area (Å²) in [5.74, 6) is -1.56. The van der Waals surface area contributed by atoms with Crippen molar-refractivity contribution in [2.75, 3.05) is 7.11 Å². The van der Waals surface area contributed by atoms with Gasteiger partial charge >= 0.3 is 11.9 Å². The third-order valence-corrected chi connectivity index (χ3v) is 4.93. The van der Waals surface area contributed by atoms with Crippen molar-refractivity contribution in [1.29, 1.82) is 0 Å². The van der Waals surface area contributed by atoms with E-state index >= 15 is 0 Å². The van der Waals surface area contributed by atoms with Gasteiger partial charge in [0.05, 0.1) is 13.0 Å². The van der Waals surface area contributed by atoms with Gasteiger partial charge in [0.2, 0.25) is 5.75 Å². The molecule has 0 saturated carbocycles. The summed E-state index contributed by atoms with van der Waals surface area (Å²) in [6, 6.07) is 10.8. The van der Waals surface area contributed by atoms with E-state index < -0.39 is 35.8 Å². The number of hydrogen-bond donors (Lipinski definition) is 0. The lowest BCUT2D eigenvalue weighted by Gasteiger charge is -2.29. The lowest BCUT2D eigenvalue weighted by molar-refractivity contribution is -0.161. The molecule has 0 unspecified atom stereocenters. The molecular formula is C25H31NO7. The molecule has 0 saturated heterocycles. The smallest absolute Gasteiger partial charge is 0.309 e. The van der Waals surface area contributed by atoms with E-state index in [1.807, 2.05) is 51.1 Å². The molecule has 1 aromatic carbocycles. The van der Waals surface area contributed by atoms with Crippen LogP contribution in [0, 0.1) is 11.8 Å². The minimum Gasteiger partial charge on any atom is -0.493 e. The van der Waals surface area contributed by atoms with Crippen LogP contribution >= 0.6 is 0 Å². The molecule has 0 amide bonds. The van der Waals surface area contributed by atoms with Crippen molar-refractivity contribution in [3.8, 4) is 17.2 Å². The summed E-state index contributed by atoms with van der Waals surface area (Å²) in [4.78, 5) is 41.2. The Balaban J connectivity index is 2.09. The van der Waals surface area contributed by atoms with Crippen LogP contribution in [-0.2, 0) is 14.3 Å². The first-order valence-corrected chi connectivity index (χ1v) is 10.8. The van der Waals surface area contributed by atoms with Crippen molar-refractivity contribution in [3.05, 3.63) is 48.3 Å². The summed E-state index contributed by atoms with van der Waals surface area (Å²) in [6.45, 7) is 8.53. The van der Waals surface area contributed by atoms with Crippen LogP contribution in [-0.4, -0.2) is 42.0 Å². The number of pyridine rings is 1. The third kappa shape index (κ3) is 7.30. The number of rotatable bonds is 11. The second-order valence-electron chi connectivity index (χ2n) is 8.09. The first-order chi connectivity index (χ1) is 15.6. The molecule has 3 atom stereocenters. The largest absolute Gasteiger partial charge is 0.493 e. The summed E-state index contributed by atoms with van der Waals surface area (Å²) in [5, 5.41) is 0.